The van der Waals surface area contributed by atoms with Crippen molar-refractivity contribution >= 4 is 11.6 Å². The third-order valence-corrected chi connectivity index (χ3v) is 3.72. The summed E-state index contributed by atoms with van der Waals surface area (Å²) in [6.45, 7) is 3.91. The van der Waals surface area contributed by atoms with E-state index in [1.165, 1.54) is 6.42 Å². The average Bonchev–Trinajstić information content (AvgIpc) is 2.62. The smallest absolute Gasteiger partial charge is 0.254 e. The molecule has 1 fully saturated rings. The lowest BCUT2D eigenvalue weighted by Crippen LogP contribution is -2.32. The molecule has 2 rings (SSSR count). The lowest BCUT2D eigenvalue weighted by molar-refractivity contribution is 0.0760. The maximum Gasteiger partial charge on any atom is 0.254 e. The minimum atomic E-state index is 0.0553. The molecule has 1 aliphatic rings. The maximum absolute atomic E-state index is 12.5. The number of benzene rings is 1. The van der Waals surface area contributed by atoms with Crippen LogP contribution in [0.1, 0.15) is 36.5 Å². The zero-order valence-electron chi connectivity index (χ0n) is 11.7. The van der Waals surface area contributed by atoms with Crippen LogP contribution in [0.2, 0.25) is 0 Å². The van der Waals surface area contributed by atoms with E-state index in [1.54, 1.807) is 25.3 Å². The Labute approximate surface area is 114 Å². The molecule has 1 heterocycles. The topological polar surface area (TPSA) is 55.6 Å². The van der Waals surface area contributed by atoms with E-state index in [-0.39, 0.29) is 5.91 Å². The van der Waals surface area contributed by atoms with E-state index < -0.39 is 0 Å². The van der Waals surface area contributed by atoms with Crippen molar-refractivity contribution in [2.45, 2.75) is 26.2 Å². The number of hydrogen-bond donors (Lipinski definition) is 1. The second kappa shape index (κ2) is 5.95. The minimum Gasteiger partial charge on any atom is -0.497 e. The molecule has 0 aliphatic carbocycles. The number of carbonyl (C=O) groups is 1. The SMILES string of the molecule is COc1cc(N)cc(C(=O)N2CCCC(C)CC2)c1. The number of nitrogens with zero attached hydrogens (tertiary/aromatic N) is 1. The Hall–Kier alpha value is -1.71. The van der Waals surface area contributed by atoms with Gasteiger partial charge in [-0.15, -0.1) is 0 Å². The van der Waals surface area contributed by atoms with Crippen LogP contribution >= 0.6 is 0 Å². The molecule has 1 aromatic rings. The number of carbonyl (C=O) groups excluding carboxylic acids is 1. The van der Waals surface area contributed by atoms with Crippen LogP contribution < -0.4 is 10.5 Å². The highest BCUT2D eigenvalue weighted by atomic mass is 16.5. The van der Waals surface area contributed by atoms with E-state index in [2.05, 4.69) is 6.92 Å². The van der Waals surface area contributed by atoms with Crippen LogP contribution in [0.25, 0.3) is 0 Å². The highest BCUT2D eigenvalue weighted by molar-refractivity contribution is 5.95. The molecule has 4 heteroatoms. The van der Waals surface area contributed by atoms with Crippen molar-refractivity contribution in [2.75, 3.05) is 25.9 Å². The number of nitrogens with two attached hydrogens (primary N) is 1. The van der Waals surface area contributed by atoms with Gasteiger partial charge in [0.05, 0.1) is 7.11 Å². The van der Waals surface area contributed by atoms with Gasteiger partial charge in [0.1, 0.15) is 5.75 Å². The van der Waals surface area contributed by atoms with Crippen molar-refractivity contribution in [1.29, 1.82) is 0 Å². The molecule has 0 spiro atoms. The van der Waals surface area contributed by atoms with Crippen LogP contribution in [0.15, 0.2) is 18.2 Å². The molecule has 0 bridgehead atoms. The Morgan fingerprint density at radius 2 is 2.11 bits per heavy atom. The van der Waals surface area contributed by atoms with Gasteiger partial charge in [0.2, 0.25) is 0 Å². The predicted molar refractivity (Wildman–Crippen MR) is 76.3 cm³/mol. The Balaban J connectivity index is 2.16. The highest BCUT2D eigenvalue weighted by Crippen LogP contribution is 2.22. The lowest BCUT2D eigenvalue weighted by atomic mass is 10.0. The van der Waals surface area contributed by atoms with Gasteiger partial charge < -0.3 is 15.4 Å². The first-order chi connectivity index (χ1) is 9.10. The Kier molecular flexibility index (Phi) is 4.30. The molecule has 0 saturated carbocycles. The molecule has 1 aliphatic heterocycles. The summed E-state index contributed by atoms with van der Waals surface area (Å²) in [6, 6.07) is 5.20. The monoisotopic (exact) mass is 262 g/mol. The minimum absolute atomic E-state index is 0.0553. The van der Waals surface area contributed by atoms with Crippen LogP contribution in [0.3, 0.4) is 0 Å². The van der Waals surface area contributed by atoms with E-state index in [0.29, 0.717) is 22.9 Å². The molecule has 2 N–H and O–H groups in total. The maximum atomic E-state index is 12.5. The fourth-order valence-electron chi connectivity index (χ4n) is 2.51. The zero-order valence-corrected chi connectivity index (χ0v) is 11.7. The van der Waals surface area contributed by atoms with E-state index in [4.69, 9.17) is 10.5 Å². The van der Waals surface area contributed by atoms with E-state index in [9.17, 15) is 4.79 Å². The summed E-state index contributed by atoms with van der Waals surface area (Å²) in [4.78, 5) is 14.4. The summed E-state index contributed by atoms with van der Waals surface area (Å²) in [5, 5.41) is 0. The summed E-state index contributed by atoms with van der Waals surface area (Å²) in [7, 11) is 1.58. The molecule has 104 valence electrons. The van der Waals surface area contributed by atoms with Gasteiger partial charge in [-0.25, -0.2) is 0 Å². The van der Waals surface area contributed by atoms with Crippen molar-refractivity contribution < 1.29 is 9.53 Å². The average molecular weight is 262 g/mol. The summed E-state index contributed by atoms with van der Waals surface area (Å²) in [6.07, 6.45) is 3.35. The standard InChI is InChI=1S/C15H22N2O2/c1-11-4-3-6-17(7-5-11)15(18)12-8-13(16)10-14(9-12)19-2/h8-11H,3-7,16H2,1-2H3. The third kappa shape index (κ3) is 3.40. The fraction of sp³-hybridized carbons (Fsp3) is 0.533. The van der Waals surface area contributed by atoms with Crippen LogP contribution in [-0.4, -0.2) is 31.0 Å². The molecular formula is C15H22N2O2. The molecule has 1 saturated heterocycles. The van der Waals surface area contributed by atoms with Gasteiger partial charge in [0, 0.05) is 30.4 Å². The van der Waals surface area contributed by atoms with Crippen LogP contribution in [0, 0.1) is 5.92 Å². The van der Waals surface area contributed by atoms with Crippen LogP contribution in [-0.2, 0) is 0 Å². The normalized spacial score (nSPS) is 19.9. The highest BCUT2D eigenvalue weighted by Gasteiger charge is 2.20. The Bertz CT molecular complexity index is 459. The van der Waals surface area contributed by atoms with Gasteiger partial charge in [0.25, 0.3) is 5.91 Å². The summed E-state index contributed by atoms with van der Waals surface area (Å²) < 4.78 is 5.16. The summed E-state index contributed by atoms with van der Waals surface area (Å²) in [5.74, 6) is 1.39. The van der Waals surface area contributed by atoms with Crippen molar-refractivity contribution in [3.8, 4) is 5.75 Å². The van der Waals surface area contributed by atoms with Crippen LogP contribution in [0.4, 0.5) is 5.69 Å². The molecule has 4 nitrogen and oxygen atoms in total. The summed E-state index contributed by atoms with van der Waals surface area (Å²) >= 11 is 0. The zero-order chi connectivity index (χ0) is 13.8. The van der Waals surface area contributed by atoms with E-state index in [1.807, 2.05) is 4.90 Å². The number of likely N-dealkylation sites (tertiary alicyclic amines) is 1. The number of methoxy groups -OCH3 is 1. The third-order valence-electron chi connectivity index (χ3n) is 3.72. The number of hydrogen-bond acceptors (Lipinski definition) is 3. The predicted octanol–water partition coefficient (Wildman–Crippen LogP) is 2.54. The largest absolute Gasteiger partial charge is 0.497 e. The molecule has 1 unspecified atom stereocenters. The Morgan fingerprint density at radius 1 is 1.32 bits per heavy atom. The van der Waals surface area contributed by atoms with Gasteiger partial charge in [-0.1, -0.05) is 6.92 Å². The Morgan fingerprint density at radius 3 is 2.84 bits per heavy atom. The number of amides is 1. The van der Waals surface area contributed by atoms with Crippen molar-refractivity contribution in [3.05, 3.63) is 23.8 Å². The fourth-order valence-corrected chi connectivity index (χ4v) is 2.51. The first-order valence-corrected chi connectivity index (χ1v) is 6.84. The molecule has 1 amide bonds. The summed E-state index contributed by atoms with van der Waals surface area (Å²) in [5.41, 5.74) is 6.98. The van der Waals surface area contributed by atoms with Gasteiger partial charge in [0.15, 0.2) is 0 Å². The lowest BCUT2D eigenvalue weighted by Gasteiger charge is -2.21. The van der Waals surface area contributed by atoms with Crippen molar-refractivity contribution in [1.82, 2.24) is 4.90 Å². The first-order valence-electron chi connectivity index (χ1n) is 6.84. The van der Waals surface area contributed by atoms with Crippen LogP contribution in [0.5, 0.6) is 5.75 Å². The number of anilines is 1. The number of rotatable bonds is 2. The van der Waals surface area contributed by atoms with Gasteiger partial charge >= 0.3 is 0 Å². The second-order valence-corrected chi connectivity index (χ2v) is 5.32. The number of ether oxygens (including phenoxy) is 1. The van der Waals surface area contributed by atoms with Crippen molar-refractivity contribution in [2.24, 2.45) is 5.92 Å². The first kappa shape index (κ1) is 13.7. The van der Waals surface area contributed by atoms with Gasteiger partial charge in [-0.05, 0) is 37.3 Å². The molecule has 19 heavy (non-hydrogen) atoms. The van der Waals surface area contributed by atoms with Gasteiger partial charge in [-0.2, -0.15) is 0 Å². The molecule has 1 atom stereocenters. The molecular weight excluding hydrogens is 240 g/mol. The van der Waals surface area contributed by atoms with Gasteiger partial charge in [-0.3, -0.25) is 4.79 Å². The van der Waals surface area contributed by atoms with Crippen molar-refractivity contribution in [3.63, 3.8) is 0 Å². The molecule has 1 aromatic carbocycles. The van der Waals surface area contributed by atoms with E-state index >= 15 is 0 Å². The molecule has 0 radical (unpaired) electrons. The quantitative estimate of drug-likeness (QED) is 0.833. The molecule has 0 aromatic heterocycles. The second-order valence-electron chi connectivity index (χ2n) is 5.32. The number of nitrogen functional groups attached to an aromatic ring is 1. The van der Waals surface area contributed by atoms with E-state index in [0.717, 1.165) is 25.9 Å².